The molecular formula is C21H23ClN3O3. The van der Waals surface area contributed by atoms with Crippen LogP contribution in [0.25, 0.3) is 10.9 Å². The molecule has 1 heterocycles. The van der Waals surface area contributed by atoms with E-state index in [4.69, 9.17) is 21.4 Å². The Hall–Kier alpha value is -2.57. The molecule has 0 aliphatic carbocycles. The number of aliphatic hydroxyl groups excluding tert-OH is 1. The van der Waals surface area contributed by atoms with Gasteiger partial charge in [-0.05, 0) is 55.9 Å². The lowest BCUT2D eigenvalue weighted by Crippen LogP contribution is -2.00. The van der Waals surface area contributed by atoms with Crippen LogP contribution in [-0.4, -0.2) is 33.9 Å². The van der Waals surface area contributed by atoms with Gasteiger partial charge in [0.1, 0.15) is 12.1 Å². The van der Waals surface area contributed by atoms with Crippen molar-refractivity contribution in [1.82, 2.24) is 9.97 Å². The van der Waals surface area contributed by atoms with Crippen LogP contribution >= 0.6 is 11.6 Å². The number of ether oxygens (including phenoxy) is 1. The molecule has 0 unspecified atom stereocenters. The third kappa shape index (κ3) is 4.82. The zero-order valence-electron chi connectivity index (χ0n) is 15.7. The minimum Gasteiger partial charge on any atom is -0.504 e. The Bertz CT molecular complexity index is 950. The van der Waals surface area contributed by atoms with Crippen LogP contribution < -0.4 is 10.1 Å². The third-order valence-corrected chi connectivity index (χ3v) is 4.68. The van der Waals surface area contributed by atoms with E-state index in [1.807, 2.05) is 18.2 Å². The number of halogens is 1. The third-order valence-electron chi connectivity index (χ3n) is 4.45. The van der Waals surface area contributed by atoms with Crippen LogP contribution in [0.4, 0.5) is 11.5 Å². The molecule has 0 saturated heterocycles. The summed E-state index contributed by atoms with van der Waals surface area (Å²) in [5.74, 6) is 0.965. The summed E-state index contributed by atoms with van der Waals surface area (Å²) in [6, 6.07) is 8.98. The Kier molecular flexibility index (Phi) is 6.90. The first-order valence-corrected chi connectivity index (χ1v) is 9.50. The molecule has 0 aliphatic rings. The van der Waals surface area contributed by atoms with Gasteiger partial charge in [0, 0.05) is 28.8 Å². The standard InChI is InChI=1S/C21H23ClN3O3/c1-28-20-12-18-16(11-19(20)27)21(24-13-23-18)25-17-10-15(22)8-7-14(17)6-4-2-3-5-9-26/h2,7-8,10-13,26-27H,3-6,9H2,1H3,(H,23,24,25). The highest BCUT2D eigenvalue weighted by molar-refractivity contribution is 6.30. The zero-order valence-corrected chi connectivity index (χ0v) is 16.4. The Morgan fingerprint density at radius 3 is 2.82 bits per heavy atom. The second-order valence-corrected chi connectivity index (χ2v) is 6.82. The van der Waals surface area contributed by atoms with Gasteiger partial charge in [0.25, 0.3) is 0 Å². The summed E-state index contributed by atoms with van der Waals surface area (Å²) in [7, 11) is 1.50. The van der Waals surface area contributed by atoms with Crippen LogP contribution in [-0.2, 0) is 6.42 Å². The van der Waals surface area contributed by atoms with Crippen LogP contribution in [0.2, 0.25) is 5.02 Å². The van der Waals surface area contributed by atoms with Crippen LogP contribution in [0.1, 0.15) is 24.8 Å². The number of unbranched alkanes of at least 4 members (excludes halogenated alkanes) is 3. The van der Waals surface area contributed by atoms with Gasteiger partial charge in [-0.25, -0.2) is 9.97 Å². The second-order valence-electron chi connectivity index (χ2n) is 6.38. The van der Waals surface area contributed by atoms with E-state index in [-0.39, 0.29) is 12.4 Å². The molecule has 7 heteroatoms. The molecule has 3 rings (SSSR count). The molecule has 6 nitrogen and oxygen atoms in total. The van der Waals surface area contributed by atoms with E-state index in [0.29, 0.717) is 27.5 Å². The molecule has 0 saturated carbocycles. The molecule has 147 valence electrons. The number of aryl methyl sites for hydroxylation is 1. The molecule has 2 aromatic carbocycles. The molecule has 0 bridgehead atoms. The maximum Gasteiger partial charge on any atom is 0.162 e. The van der Waals surface area contributed by atoms with Gasteiger partial charge in [-0.3, -0.25) is 0 Å². The fourth-order valence-electron chi connectivity index (χ4n) is 2.98. The lowest BCUT2D eigenvalue weighted by atomic mass is 10.0. The van der Waals surface area contributed by atoms with E-state index >= 15 is 0 Å². The van der Waals surface area contributed by atoms with Crippen molar-refractivity contribution < 1.29 is 14.9 Å². The zero-order chi connectivity index (χ0) is 19.9. The Balaban J connectivity index is 1.87. The predicted octanol–water partition coefficient (Wildman–Crippen LogP) is 4.65. The van der Waals surface area contributed by atoms with E-state index in [1.165, 1.54) is 13.4 Å². The van der Waals surface area contributed by atoms with Crippen LogP contribution in [0, 0.1) is 6.42 Å². The average Bonchev–Trinajstić information content (AvgIpc) is 2.69. The van der Waals surface area contributed by atoms with Crippen LogP contribution in [0.5, 0.6) is 11.5 Å². The van der Waals surface area contributed by atoms with Crippen molar-refractivity contribution in [3.05, 3.63) is 53.7 Å². The van der Waals surface area contributed by atoms with Gasteiger partial charge >= 0.3 is 0 Å². The van der Waals surface area contributed by atoms with Gasteiger partial charge < -0.3 is 20.3 Å². The van der Waals surface area contributed by atoms with Gasteiger partial charge in [0.2, 0.25) is 0 Å². The number of aromatic hydroxyl groups is 1. The molecule has 0 atom stereocenters. The van der Waals surface area contributed by atoms with Crippen molar-refractivity contribution >= 4 is 34.0 Å². The molecule has 1 radical (unpaired) electrons. The van der Waals surface area contributed by atoms with E-state index < -0.39 is 0 Å². The van der Waals surface area contributed by atoms with Crippen LogP contribution in [0.15, 0.2) is 36.7 Å². The number of nitrogens with one attached hydrogen (secondary N) is 1. The van der Waals surface area contributed by atoms with Crippen molar-refractivity contribution in [2.75, 3.05) is 19.0 Å². The van der Waals surface area contributed by atoms with E-state index in [1.54, 1.807) is 12.1 Å². The lowest BCUT2D eigenvalue weighted by molar-refractivity contribution is 0.287. The van der Waals surface area contributed by atoms with Gasteiger partial charge in [-0.2, -0.15) is 0 Å². The Morgan fingerprint density at radius 2 is 2.04 bits per heavy atom. The van der Waals surface area contributed by atoms with Crippen molar-refractivity contribution in [2.45, 2.75) is 25.7 Å². The number of nitrogens with zero attached hydrogens (tertiary/aromatic N) is 2. The molecule has 0 aliphatic heterocycles. The Labute approximate surface area is 169 Å². The molecule has 1 aromatic heterocycles. The molecule has 0 spiro atoms. The Morgan fingerprint density at radius 1 is 1.18 bits per heavy atom. The number of rotatable bonds is 9. The summed E-state index contributed by atoms with van der Waals surface area (Å²) in [5, 5.41) is 23.6. The number of phenolic OH excluding ortho intramolecular Hbond substituents is 1. The normalized spacial score (nSPS) is 11.0. The largest absolute Gasteiger partial charge is 0.504 e. The first kappa shape index (κ1) is 20.2. The SMILES string of the molecule is COc1cc2ncnc(Nc3cc(Cl)ccc3CC[CH]CCCO)c2cc1O. The molecule has 0 amide bonds. The number of fused-ring (bicyclic) bond motifs is 1. The fraction of sp³-hybridized carbons (Fsp3) is 0.286. The summed E-state index contributed by atoms with van der Waals surface area (Å²) < 4.78 is 5.15. The number of benzene rings is 2. The number of phenols is 1. The van der Waals surface area contributed by atoms with Crippen LogP contribution in [0.3, 0.4) is 0 Å². The molecule has 0 fully saturated rings. The average molecular weight is 401 g/mol. The lowest BCUT2D eigenvalue weighted by Gasteiger charge is -2.14. The monoisotopic (exact) mass is 400 g/mol. The topological polar surface area (TPSA) is 87.5 Å². The molecule has 28 heavy (non-hydrogen) atoms. The highest BCUT2D eigenvalue weighted by Crippen LogP contribution is 2.34. The fourth-order valence-corrected chi connectivity index (χ4v) is 3.16. The number of hydrogen-bond donors (Lipinski definition) is 3. The smallest absolute Gasteiger partial charge is 0.162 e. The van der Waals surface area contributed by atoms with Gasteiger partial charge in [0.15, 0.2) is 11.5 Å². The minimum absolute atomic E-state index is 0.0256. The van der Waals surface area contributed by atoms with E-state index in [0.717, 1.165) is 36.9 Å². The van der Waals surface area contributed by atoms with E-state index in [2.05, 4.69) is 21.7 Å². The summed E-state index contributed by atoms with van der Waals surface area (Å²) >= 11 is 6.20. The summed E-state index contributed by atoms with van der Waals surface area (Å²) in [6.07, 6.45) is 7.06. The predicted molar refractivity (Wildman–Crippen MR) is 111 cm³/mol. The van der Waals surface area contributed by atoms with Gasteiger partial charge in [-0.15, -0.1) is 0 Å². The number of hydrogen-bond acceptors (Lipinski definition) is 6. The highest BCUT2D eigenvalue weighted by Gasteiger charge is 2.12. The maximum absolute atomic E-state index is 10.1. The summed E-state index contributed by atoms with van der Waals surface area (Å²) in [5.41, 5.74) is 2.63. The van der Waals surface area contributed by atoms with Gasteiger partial charge in [0.05, 0.1) is 12.6 Å². The minimum atomic E-state index is 0.0256. The van der Waals surface area contributed by atoms with Crippen molar-refractivity contribution in [2.24, 2.45) is 0 Å². The number of methoxy groups -OCH3 is 1. The first-order chi connectivity index (χ1) is 13.6. The molecular weight excluding hydrogens is 378 g/mol. The summed E-state index contributed by atoms with van der Waals surface area (Å²) in [6.45, 7) is 0.211. The quantitative estimate of drug-likeness (QED) is 0.453. The van der Waals surface area contributed by atoms with E-state index in [9.17, 15) is 5.11 Å². The van der Waals surface area contributed by atoms with Crippen molar-refractivity contribution in [1.29, 1.82) is 0 Å². The maximum atomic E-state index is 10.1. The highest BCUT2D eigenvalue weighted by atomic mass is 35.5. The van der Waals surface area contributed by atoms with Crippen molar-refractivity contribution in [3.63, 3.8) is 0 Å². The summed E-state index contributed by atoms with van der Waals surface area (Å²) in [4.78, 5) is 8.60. The second kappa shape index (κ2) is 9.57. The molecule has 3 N–H and O–H groups in total. The molecule has 3 aromatic rings. The van der Waals surface area contributed by atoms with Gasteiger partial charge in [-0.1, -0.05) is 17.7 Å². The number of anilines is 2. The first-order valence-electron chi connectivity index (χ1n) is 9.12. The number of aromatic nitrogens is 2. The van der Waals surface area contributed by atoms with Crippen molar-refractivity contribution in [3.8, 4) is 11.5 Å². The number of aliphatic hydroxyl groups is 1.